The lowest BCUT2D eigenvalue weighted by atomic mass is 10.0. The quantitative estimate of drug-likeness (QED) is 0.859. The summed E-state index contributed by atoms with van der Waals surface area (Å²) in [5.41, 5.74) is 2.28. The third kappa shape index (κ3) is 2.58. The highest BCUT2D eigenvalue weighted by Crippen LogP contribution is 2.26. The molecule has 1 heterocycles. The van der Waals surface area contributed by atoms with Crippen molar-refractivity contribution in [3.63, 3.8) is 0 Å². The van der Waals surface area contributed by atoms with Crippen molar-refractivity contribution in [1.29, 1.82) is 0 Å². The molecule has 1 unspecified atom stereocenters. The Morgan fingerprint density at radius 1 is 1.42 bits per heavy atom. The molecule has 0 saturated heterocycles. The van der Waals surface area contributed by atoms with Crippen LogP contribution in [-0.4, -0.2) is 23.3 Å². The molecule has 19 heavy (non-hydrogen) atoms. The van der Waals surface area contributed by atoms with E-state index in [4.69, 9.17) is 17.0 Å². The summed E-state index contributed by atoms with van der Waals surface area (Å²) in [6.45, 7) is 6.59. The fourth-order valence-corrected chi connectivity index (χ4v) is 2.66. The molecule has 1 atom stereocenters. The van der Waals surface area contributed by atoms with Crippen LogP contribution in [0.2, 0.25) is 0 Å². The van der Waals surface area contributed by atoms with Crippen LogP contribution in [0.4, 0.5) is 4.39 Å². The van der Waals surface area contributed by atoms with E-state index < -0.39 is 0 Å². The van der Waals surface area contributed by atoms with Gasteiger partial charge in [-0.25, -0.2) is 4.39 Å². The van der Waals surface area contributed by atoms with Crippen molar-refractivity contribution in [3.05, 3.63) is 28.3 Å². The van der Waals surface area contributed by atoms with Crippen LogP contribution in [0.25, 0.3) is 11.0 Å². The predicted molar refractivity (Wildman–Crippen MR) is 77.6 cm³/mol. The minimum Gasteiger partial charge on any atom is -0.383 e. The molecule has 0 bridgehead atoms. The van der Waals surface area contributed by atoms with Gasteiger partial charge in [0.25, 0.3) is 0 Å². The normalized spacial score (nSPS) is 13.4. The Morgan fingerprint density at radius 2 is 2.11 bits per heavy atom. The van der Waals surface area contributed by atoms with Crippen LogP contribution in [0, 0.1) is 23.4 Å². The Bertz CT molecular complexity index is 645. The Kier molecular flexibility index (Phi) is 4.06. The molecule has 5 heteroatoms. The first kappa shape index (κ1) is 14.2. The van der Waals surface area contributed by atoms with E-state index in [2.05, 4.69) is 18.8 Å². The Morgan fingerprint density at radius 3 is 2.68 bits per heavy atom. The van der Waals surface area contributed by atoms with Crippen molar-refractivity contribution in [2.24, 2.45) is 5.92 Å². The lowest BCUT2D eigenvalue weighted by Gasteiger charge is -2.22. The zero-order valence-corrected chi connectivity index (χ0v) is 12.5. The van der Waals surface area contributed by atoms with Crippen molar-refractivity contribution in [2.45, 2.75) is 26.8 Å². The monoisotopic (exact) mass is 282 g/mol. The van der Waals surface area contributed by atoms with Crippen molar-refractivity contribution in [3.8, 4) is 0 Å². The average molecular weight is 282 g/mol. The summed E-state index contributed by atoms with van der Waals surface area (Å²) in [5.74, 6) is 0.153. The molecule has 0 fully saturated rings. The minimum atomic E-state index is -0.219. The van der Waals surface area contributed by atoms with E-state index in [1.165, 1.54) is 6.07 Å². The van der Waals surface area contributed by atoms with Crippen LogP contribution < -0.4 is 0 Å². The molecule has 104 valence electrons. The number of nitrogens with one attached hydrogen (secondary N) is 1. The zero-order chi connectivity index (χ0) is 14.2. The van der Waals surface area contributed by atoms with E-state index in [0.29, 0.717) is 22.9 Å². The van der Waals surface area contributed by atoms with Crippen LogP contribution >= 0.6 is 12.2 Å². The summed E-state index contributed by atoms with van der Waals surface area (Å²) in [4.78, 5) is 3.07. The van der Waals surface area contributed by atoms with E-state index in [-0.39, 0.29) is 11.9 Å². The summed E-state index contributed by atoms with van der Waals surface area (Å²) in [5, 5.41) is 0. The molecule has 0 aliphatic carbocycles. The highest BCUT2D eigenvalue weighted by molar-refractivity contribution is 7.71. The van der Waals surface area contributed by atoms with Crippen molar-refractivity contribution in [1.82, 2.24) is 9.55 Å². The van der Waals surface area contributed by atoms with Gasteiger partial charge in [0.15, 0.2) is 4.77 Å². The SMILES string of the molecule is COCC(C(C)C)n1c(=S)[nH]c2cc(F)c(C)cc21. The molecule has 0 aliphatic rings. The number of aryl methyl sites for hydroxylation is 1. The smallest absolute Gasteiger partial charge is 0.178 e. The number of aromatic amines is 1. The standard InChI is InChI=1S/C14H19FN2OS/c1-8(2)13(7-18-4)17-12-5-9(3)10(15)6-11(12)16-14(17)19/h5-6,8,13H,7H2,1-4H3,(H,16,19). The van der Waals surface area contributed by atoms with Gasteiger partial charge in [0, 0.05) is 7.11 Å². The number of rotatable bonds is 4. The number of benzene rings is 1. The van der Waals surface area contributed by atoms with E-state index in [9.17, 15) is 4.39 Å². The van der Waals surface area contributed by atoms with Crippen molar-refractivity contribution in [2.75, 3.05) is 13.7 Å². The Hall–Kier alpha value is -1.20. The first-order chi connectivity index (χ1) is 8.95. The number of imidazole rings is 1. The maximum absolute atomic E-state index is 13.6. The molecular formula is C14H19FN2OS. The number of hydrogen-bond donors (Lipinski definition) is 1. The van der Waals surface area contributed by atoms with Gasteiger partial charge in [-0.2, -0.15) is 0 Å². The van der Waals surface area contributed by atoms with E-state index in [0.717, 1.165) is 11.0 Å². The van der Waals surface area contributed by atoms with Gasteiger partial charge in [0.05, 0.1) is 23.7 Å². The second-order valence-electron chi connectivity index (χ2n) is 5.19. The second kappa shape index (κ2) is 5.43. The van der Waals surface area contributed by atoms with Gasteiger partial charge in [-0.15, -0.1) is 0 Å². The second-order valence-corrected chi connectivity index (χ2v) is 5.57. The van der Waals surface area contributed by atoms with E-state index in [1.807, 2.05) is 10.6 Å². The number of halogens is 1. The van der Waals surface area contributed by atoms with Gasteiger partial charge >= 0.3 is 0 Å². The largest absolute Gasteiger partial charge is 0.383 e. The highest BCUT2D eigenvalue weighted by Gasteiger charge is 2.19. The van der Waals surface area contributed by atoms with Gasteiger partial charge in [0.1, 0.15) is 5.82 Å². The molecular weight excluding hydrogens is 263 g/mol. The van der Waals surface area contributed by atoms with Gasteiger partial charge in [0.2, 0.25) is 0 Å². The van der Waals surface area contributed by atoms with Gasteiger partial charge in [-0.3, -0.25) is 0 Å². The summed E-state index contributed by atoms with van der Waals surface area (Å²) >= 11 is 5.38. The topological polar surface area (TPSA) is 29.9 Å². The van der Waals surface area contributed by atoms with Gasteiger partial charge < -0.3 is 14.3 Å². The molecule has 0 saturated carbocycles. The number of aromatic nitrogens is 2. The van der Waals surface area contributed by atoms with Gasteiger partial charge in [-0.1, -0.05) is 13.8 Å². The first-order valence-corrected chi connectivity index (χ1v) is 6.75. The molecule has 2 aromatic rings. The number of H-pyrrole nitrogens is 1. The predicted octanol–water partition coefficient (Wildman–Crippen LogP) is 3.99. The number of methoxy groups -OCH3 is 1. The van der Waals surface area contributed by atoms with Crippen molar-refractivity contribution < 1.29 is 9.13 Å². The first-order valence-electron chi connectivity index (χ1n) is 6.35. The lowest BCUT2D eigenvalue weighted by molar-refractivity contribution is 0.134. The lowest BCUT2D eigenvalue weighted by Crippen LogP contribution is -2.20. The fourth-order valence-electron chi connectivity index (χ4n) is 2.32. The van der Waals surface area contributed by atoms with Crippen LogP contribution in [0.15, 0.2) is 12.1 Å². The summed E-state index contributed by atoms with van der Waals surface area (Å²) < 4.78 is 21.5. The number of nitrogens with zero attached hydrogens (tertiary/aromatic N) is 1. The Labute approximate surface area is 117 Å². The summed E-state index contributed by atoms with van der Waals surface area (Å²) in [6.07, 6.45) is 0. The van der Waals surface area contributed by atoms with Gasteiger partial charge in [-0.05, 0) is 42.8 Å². The Balaban J connectivity index is 2.68. The molecule has 0 amide bonds. The molecule has 0 spiro atoms. The zero-order valence-electron chi connectivity index (χ0n) is 11.7. The van der Waals surface area contributed by atoms with Crippen molar-refractivity contribution >= 4 is 23.3 Å². The third-order valence-electron chi connectivity index (χ3n) is 3.44. The van der Waals surface area contributed by atoms with Crippen LogP contribution in [0.5, 0.6) is 0 Å². The van der Waals surface area contributed by atoms with E-state index in [1.54, 1.807) is 14.0 Å². The number of ether oxygens (including phenoxy) is 1. The molecule has 1 aromatic heterocycles. The average Bonchev–Trinajstić information content (AvgIpc) is 2.62. The molecule has 0 radical (unpaired) electrons. The molecule has 0 aliphatic heterocycles. The van der Waals surface area contributed by atoms with Crippen LogP contribution in [0.1, 0.15) is 25.5 Å². The number of fused-ring (bicyclic) bond motifs is 1. The number of hydrogen-bond acceptors (Lipinski definition) is 2. The third-order valence-corrected chi connectivity index (χ3v) is 3.73. The molecule has 3 nitrogen and oxygen atoms in total. The minimum absolute atomic E-state index is 0.135. The van der Waals surface area contributed by atoms with E-state index >= 15 is 0 Å². The maximum Gasteiger partial charge on any atom is 0.178 e. The summed E-state index contributed by atoms with van der Waals surface area (Å²) in [7, 11) is 1.68. The summed E-state index contributed by atoms with van der Waals surface area (Å²) in [6, 6.07) is 3.47. The fraction of sp³-hybridized carbons (Fsp3) is 0.500. The molecule has 2 rings (SSSR count). The molecule has 1 N–H and O–H groups in total. The highest BCUT2D eigenvalue weighted by atomic mass is 32.1. The van der Waals surface area contributed by atoms with Crippen LogP contribution in [0.3, 0.4) is 0 Å². The molecule has 1 aromatic carbocycles. The van der Waals surface area contributed by atoms with Crippen LogP contribution in [-0.2, 0) is 4.74 Å². The maximum atomic E-state index is 13.6.